The average molecular weight is 286 g/mol. The summed E-state index contributed by atoms with van der Waals surface area (Å²) in [6, 6.07) is 4.67. The molecule has 0 fully saturated rings. The first-order valence-electron chi connectivity index (χ1n) is 4.63. The van der Waals surface area contributed by atoms with Crippen molar-refractivity contribution < 1.29 is 8.91 Å². The van der Waals surface area contributed by atoms with Gasteiger partial charge < -0.3 is 9.84 Å². The number of aromatic nitrogens is 2. The molecule has 0 aliphatic rings. The van der Waals surface area contributed by atoms with Crippen LogP contribution in [0, 0.1) is 5.82 Å². The summed E-state index contributed by atoms with van der Waals surface area (Å²) < 4.78 is 19.2. The SMILES string of the molecule is CNCc1noc(-c2ccc(Br)cc2F)n1. The first kappa shape index (κ1) is 11.2. The van der Waals surface area contributed by atoms with Gasteiger partial charge in [-0.05, 0) is 25.2 Å². The number of nitrogens with one attached hydrogen (secondary N) is 1. The van der Waals surface area contributed by atoms with Crippen LogP contribution in [-0.4, -0.2) is 17.2 Å². The summed E-state index contributed by atoms with van der Waals surface area (Å²) in [7, 11) is 1.77. The Kier molecular flexibility index (Phi) is 3.31. The van der Waals surface area contributed by atoms with Gasteiger partial charge in [0.25, 0.3) is 5.89 Å². The minimum absolute atomic E-state index is 0.190. The summed E-state index contributed by atoms with van der Waals surface area (Å²) >= 11 is 3.18. The van der Waals surface area contributed by atoms with Crippen molar-refractivity contribution in [2.45, 2.75) is 6.54 Å². The van der Waals surface area contributed by atoms with Gasteiger partial charge in [-0.15, -0.1) is 0 Å². The lowest BCUT2D eigenvalue weighted by molar-refractivity contribution is 0.418. The molecule has 0 bridgehead atoms. The van der Waals surface area contributed by atoms with E-state index in [1.54, 1.807) is 19.2 Å². The zero-order chi connectivity index (χ0) is 11.5. The second-order valence-corrected chi connectivity index (χ2v) is 4.09. The molecule has 0 amide bonds. The normalized spacial score (nSPS) is 10.7. The van der Waals surface area contributed by atoms with E-state index >= 15 is 0 Å². The number of nitrogens with zero attached hydrogens (tertiary/aromatic N) is 2. The van der Waals surface area contributed by atoms with Crippen molar-refractivity contribution in [1.82, 2.24) is 15.5 Å². The van der Waals surface area contributed by atoms with E-state index in [0.29, 0.717) is 22.4 Å². The molecule has 6 heteroatoms. The highest BCUT2D eigenvalue weighted by molar-refractivity contribution is 9.10. The fraction of sp³-hybridized carbons (Fsp3) is 0.200. The van der Waals surface area contributed by atoms with Crippen LogP contribution >= 0.6 is 15.9 Å². The molecular weight excluding hydrogens is 277 g/mol. The van der Waals surface area contributed by atoms with E-state index in [1.165, 1.54) is 6.07 Å². The molecule has 0 spiro atoms. The maximum Gasteiger partial charge on any atom is 0.260 e. The van der Waals surface area contributed by atoms with Crippen LogP contribution in [0.4, 0.5) is 4.39 Å². The first-order valence-corrected chi connectivity index (χ1v) is 5.42. The number of rotatable bonds is 3. The van der Waals surface area contributed by atoms with Crippen molar-refractivity contribution >= 4 is 15.9 Å². The number of hydrogen-bond donors (Lipinski definition) is 1. The Balaban J connectivity index is 2.35. The van der Waals surface area contributed by atoms with Gasteiger partial charge in [0.05, 0.1) is 12.1 Å². The van der Waals surface area contributed by atoms with Crippen LogP contribution in [-0.2, 0) is 6.54 Å². The van der Waals surface area contributed by atoms with Crippen molar-refractivity contribution in [3.05, 3.63) is 34.3 Å². The van der Waals surface area contributed by atoms with Crippen LogP contribution in [0.3, 0.4) is 0 Å². The third-order valence-electron chi connectivity index (χ3n) is 1.96. The molecule has 0 aliphatic heterocycles. The van der Waals surface area contributed by atoms with Gasteiger partial charge in [-0.25, -0.2) is 4.39 Å². The van der Waals surface area contributed by atoms with Gasteiger partial charge in [0, 0.05) is 4.47 Å². The van der Waals surface area contributed by atoms with Crippen LogP contribution in [0.25, 0.3) is 11.5 Å². The standard InChI is InChI=1S/C10H9BrFN3O/c1-13-5-9-14-10(16-15-9)7-3-2-6(11)4-8(7)12/h2-4,13H,5H2,1H3. The number of halogens is 2. The van der Waals surface area contributed by atoms with Crippen molar-refractivity contribution in [2.75, 3.05) is 7.05 Å². The molecule has 0 atom stereocenters. The van der Waals surface area contributed by atoms with E-state index in [2.05, 4.69) is 31.4 Å². The van der Waals surface area contributed by atoms with Crippen LogP contribution in [0.15, 0.2) is 27.2 Å². The van der Waals surface area contributed by atoms with Gasteiger partial charge >= 0.3 is 0 Å². The lowest BCUT2D eigenvalue weighted by Crippen LogP contribution is -2.06. The summed E-state index contributed by atoms with van der Waals surface area (Å²) in [6.07, 6.45) is 0. The highest BCUT2D eigenvalue weighted by Crippen LogP contribution is 2.23. The molecule has 1 heterocycles. The predicted octanol–water partition coefficient (Wildman–Crippen LogP) is 2.36. The molecule has 0 unspecified atom stereocenters. The second-order valence-electron chi connectivity index (χ2n) is 3.17. The van der Waals surface area contributed by atoms with Gasteiger partial charge in [-0.3, -0.25) is 0 Å². The smallest absolute Gasteiger partial charge is 0.260 e. The Morgan fingerprint density at radius 2 is 2.31 bits per heavy atom. The van der Waals surface area contributed by atoms with Gasteiger partial charge in [-0.1, -0.05) is 21.1 Å². The van der Waals surface area contributed by atoms with E-state index < -0.39 is 5.82 Å². The molecule has 4 nitrogen and oxygen atoms in total. The molecule has 0 saturated carbocycles. The quantitative estimate of drug-likeness (QED) is 0.941. The van der Waals surface area contributed by atoms with Crippen LogP contribution in [0.5, 0.6) is 0 Å². The van der Waals surface area contributed by atoms with E-state index in [-0.39, 0.29) is 5.89 Å². The molecule has 2 aromatic rings. The minimum Gasteiger partial charge on any atom is -0.334 e. The van der Waals surface area contributed by atoms with Gasteiger partial charge in [-0.2, -0.15) is 4.98 Å². The molecule has 2 rings (SSSR count). The zero-order valence-corrected chi connectivity index (χ0v) is 10.1. The van der Waals surface area contributed by atoms with Crippen LogP contribution < -0.4 is 5.32 Å². The molecule has 0 saturated heterocycles. The minimum atomic E-state index is -0.394. The Morgan fingerprint density at radius 1 is 1.50 bits per heavy atom. The first-order chi connectivity index (χ1) is 7.70. The Bertz CT molecular complexity index is 501. The fourth-order valence-corrected chi connectivity index (χ4v) is 1.59. The molecular formula is C10H9BrFN3O. The summed E-state index contributed by atoms with van der Waals surface area (Å²) in [4.78, 5) is 4.07. The van der Waals surface area contributed by atoms with Gasteiger partial charge in [0.2, 0.25) is 0 Å². The number of hydrogen-bond acceptors (Lipinski definition) is 4. The van der Waals surface area contributed by atoms with Crippen molar-refractivity contribution in [1.29, 1.82) is 0 Å². The van der Waals surface area contributed by atoms with Gasteiger partial charge in [0.1, 0.15) is 5.82 Å². The van der Waals surface area contributed by atoms with Crippen molar-refractivity contribution in [3.8, 4) is 11.5 Å². The maximum absolute atomic E-state index is 13.6. The van der Waals surface area contributed by atoms with Gasteiger partial charge in [0.15, 0.2) is 5.82 Å². The molecule has 16 heavy (non-hydrogen) atoms. The van der Waals surface area contributed by atoms with Crippen molar-refractivity contribution in [2.24, 2.45) is 0 Å². The highest BCUT2D eigenvalue weighted by Gasteiger charge is 2.12. The van der Waals surface area contributed by atoms with Crippen LogP contribution in [0.2, 0.25) is 0 Å². The number of benzene rings is 1. The van der Waals surface area contributed by atoms with Crippen molar-refractivity contribution in [3.63, 3.8) is 0 Å². The van der Waals surface area contributed by atoms with E-state index in [9.17, 15) is 4.39 Å². The fourth-order valence-electron chi connectivity index (χ4n) is 1.26. The van der Waals surface area contributed by atoms with E-state index in [0.717, 1.165) is 0 Å². The molecule has 0 aliphatic carbocycles. The Hall–Kier alpha value is -1.27. The summed E-state index contributed by atoms with van der Waals surface area (Å²) in [5.74, 6) is 0.295. The highest BCUT2D eigenvalue weighted by atomic mass is 79.9. The monoisotopic (exact) mass is 285 g/mol. The Labute approximate surface area is 100.0 Å². The molecule has 1 N–H and O–H groups in total. The van der Waals surface area contributed by atoms with E-state index in [4.69, 9.17) is 4.52 Å². The summed E-state index contributed by atoms with van der Waals surface area (Å²) in [6.45, 7) is 0.488. The largest absolute Gasteiger partial charge is 0.334 e. The zero-order valence-electron chi connectivity index (χ0n) is 8.50. The maximum atomic E-state index is 13.6. The lowest BCUT2D eigenvalue weighted by atomic mass is 10.2. The molecule has 1 aromatic heterocycles. The van der Waals surface area contributed by atoms with Crippen LogP contribution in [0.1, 0.15) is 5.82 Å². The predicted molar refractivity (Wildman–Crippen MR) is 60.2 cm³/mol. The third kappa shape index (κ3) is 2.28. The average Bonchev–Trinajstić information content (AvgIpc) is 2.67. The molecule has 0 radical (unpaired) electrons. The summed E-state index contributed by atoms with van der Waals surface area (Å²) in [5.41, 5.74) is 0.304. The molecule has 1 aromatic carbocycles. The topological polar surface area (TPSA) is 51.0 Å². The summed E-state index contributed by atoms with van der Waals surface area (Å²) in [5, 5.41) is 6.61. The van der Waals surface area contributed by atoms with E-state index in [1.807, 2.05) is 0 Å². The third-order valence-corrected chi connectivity index (χ3v) is 2.46. The lowest BCUT2D eigenvalue weighted by Gasteiger charge is -1.97. The Morgan fingerprint density at radius 3 is 3.00 bits per heavy atom. The molecule has 84 valence electrons. The second kappa shape index (κ2) is 4.71.